The summed E-state index contributed by atoms with van der Waals surface area (Å²) in [5.74, 6) is 14.0. The van der Waals surface area contributed by atoms with Gasteiger partial charge < -0.3 is 23.7 Å². The molecule has 0 aromatic heterocycles. The second-order valence-electron chi connectivity index (χ2n) is 5.65. The van der Waals surface area contributed by atoms with Gasteiger partial charge in [0.05, 0.1) is 26.9 Å². The van der Waals surface area contributed by atoms with Gasteiger partial charge in [-0.3, -0.25) is 0 Å². The Bertz CT molecular complexity index is 889. The molecule has 0 radical (unpaired) electrons. The van der Waals surface area contributed by atoms with E-state index in [9.17, 15) is 0 Å². The summed E-state index contributed by atoms with van der Waals surface area (Å²) in [5, 5.41) is 0. The first-order valence-electron chi connectivity index (χ1n) is 8.57. The number of allylic oxidation sites excluding steroid dienone is 4. The average Bonchev–Trinajstić information content (AvgIpc) is 2.75. The Kier molecular flexibility index (Phi) is 7.77. The first kappa shape index (κ1) is 21.2. The summed E-state index contributed by atoms with van der Waals surface area (Å²) in [6.45, 7) is 0. The van der Waals surface area contributed by atoms with Gasteiger partial charge in [-0.2, -0.15) is 0 Å². The molecule has 0 spiro atoms. The Morgan fingerprint density at radius 1 is 0.964 bits per heavy atom. The van der Waals surface area contributed by atoms with E-state index in [0.717, 1.165) is 5.56 Å². The molecule has 1 aliphatic rings. The van der Waals surface area contributed by atoms with Gasteiger partial charge in [0.15, 0.2) is 0 Å². The molecule has 0 saturated carbocycles. The van der Waals surface area contributed by atoms with Crippen LogP contribution in [-0.2, 0) is 14.2 Å². The van der Waals surface area contributed by atoms with Gasteiger partial charge in [0.2, 0.25) is 5.60 Å². The Balaban J connectivity index is 2.20. The predicted octanol–water partition coefficient (Wildman–Crippen LogP) is 3.12. The van der Waals surface area contributed by atoms with Crippen LogP contribution in [0.4, 0.5) is 0 Å². The highest BCUT2D eigenvalue weighted by Gasteiger charge is 2.43. The van der Waals surface area contributed by atoms with Gasteiger partial charge in [-0.1, -0.05) is 35.8 Å². The maximum Gasteiger partial charge on any atom is 0.215 e. The van der Waals surface area contributed by atoms with E-state index < -0.39 is 5.60 Å². The highest BCUT2D eigenvalue weighted by Crippen LogP contribution is 2.31. The molecule has 0 N–H and O–H groups in total. The highest BCUT2D eigenvalue weighted by atomic mass is 16.6. The van der Waals surface area contributed by atoms with Crippen molar-refractivity contribution in [1.82, 2.24) is 0 Å². The standard InChI is InChI=1S/C23H24O5/c1-24-19-15-14-18(20(17-19)25-2)11-8-6-7-9-16-23(28-5)21(26-3)12-10-13-22(23)27-4/h6-7,10,12-15,17,21H,1-5H3/b7-6-. The molecule has 5 heteroatoms. The van der Waals surface area contributed by atoms with Crippen LogP contribution >= 0.6 is 0 Å². The van der Waals surface area contributed by atoms with Crippen LogP contribution in [0.25, 0.3) is 0 Å². The molecule has 0 amide bonds. The van der Waals surface area contributed by atoms with Crippen LogP contribution in [0.1, 0.15) is 5.56 Å². The molecule has 0 heterocycles. The van der Waals surface area contributed by atoms with Crippen LogP contribution in [0, 0.1) is 23.7 Å². The van der Waals surface area contributed by atoms with Crippen molar-refractivity contribution >= 4 is 0 Å². The van der Waals surface area contributed by atoms with Crippen molar-refractivity contribution in [2.24, 2.45) is 0 Å². The highest BCUT2D eigenvalue weighted by molar-refractivity contribution is 5.51. The summed E-state index contributed by atoms with van der Waals surface area (Å²) in [6, 6.07) is 5.46. The zero-order valence-corrected chi connectivity index (χ0v) is 16.7. The quantitative estimate of drug-likeness (QED) is 0.735. The molecule has 0 fully saturated rings. The van der Waals surface area contributed by atoms with Gasteiger partial charge in [0.1, 0.15) is 23.4 Å². The van der Waals surface area contributed by atoms with Gasteiger partial charge in [-0.05, 0) is 30.4 Å². The monoisotopic (exact) mass is 380 g/mol. The number of hydrogen-bond donors (Lipinski definition) is 0. The zero-order valence-electron chi connectivity index (χ0n) is 16.7. The van der Waals surface area contributed by atoms with E-state index >= 15 is 0 Å². The first-order valence-corrected chi connectivity index (χ1v) is 8.57. The van der Waals surface area contributed by atoms with Crippen LogP contribution in [0.3, 0.4) is 0 Å². The molecule has 0 aliphatic heterocycles. The molecule has 5 nitrogen and oxygen atoms in total. The molecular formula is C23H24O5. The van der Waals surface area contributed by atoms with Crippen molar-refractivity contribution in [3.8, 4) is 35.2 Å². The van der Waals surface area contributed by atoms with Crippen molar-refractivity contribution in [1.29, 1.82) is 0 Å². The van der Waals surface area contributed by atoms with Crippen LogP contribution in [-0.4, -0.2) is 47.3 Å². The van der Waals surface area contributed by atoms with E-state index in [2.05, 4.69) is 23.7 Å². The number of methoxy groups -OCH3 is 5. The third kappa shape index (κ3) is 4.58. The van der Waals surface area contributed by atoms with E-state index in [1.165, 1.54) is 0 Å². The number of hydrogen-bond acceptors (Lipinski definition) is 5. The van der Waals surface area contributed by atoms with Crippen molar-refractivity contribution in [2.45, 2.75) is 11.7 Å². The van der Waals surface area contributed by atoms with Gasteiger partial charge in [-0.25, -0.2) is 0 Å². The Morgan fingerprint density at radius 2 is 1.75 bits per heavy atom. The maximum absolute atomic E-state index is 5.67. The van der Waals surface area contributed by atoms with E-state index in [4.69, 9.17) is 23.7 Å². The summed E-state index contributed by atoms with van der Waals surface area (Å²) in [4.78, 5) is 0. The summed E-state index contributed by atoms with van der Waals surface area (Å²) in [7, 11) is 7.96. The SMILES string of the molecule is COC1=CC=CC(OC)C1(C#C/C=C\C#Cc1ccc(OC)cc1OC)OC. The third-order valence-electron chi connectivity index (χ3n) is 4.22. The smallest absolute Gasteiger partial charge is 0.215 e. The molecule has 28 heavy (non-hydrogen) atoms. The fourth-order valence-corrected chi connectivity index (χ4v) is 2.76. The van der Waals surface area contributed by atoms with Gasteiger partial charge in [-0.15, -0.1) is 0 Å². The second-order valence-corrected chi connectivity index (χ2v) is 5.65. The second kappa shape index (κ2) is 10.3. The van der Waals surface area contributed by atoms with Crippen LogP contribution in [0.5, 0.6) is 11.5 Å². The molecule has 2 rings (SSSR count). The summed E-state index contributed by atoms with van der Waals surface area (Å²) >= 11 is 0. The molecule has 2 atom stereocenters. The van der Waals surface area contributed by atoms with Crippen molar-refractivity contribution in [3.63, 3.8) is 0 Å². The lowest BCUT2D eigenvalue weighted by Crippen LogP contribution is -2.46. The van der Waals surface area contributed by atoms with E-state index in [1.54, 1.807) is 53.8 Å². The molecule has 0 saturated heterocycles. The third-order valence-corrected chi connectivity index (χ3v) is 4.22. The molecule has 0 bridgehead atoms. The fraction of sp³-hybridized carbons (Fsp3) is 0.304. The number of rotatable bonds is 5. The summed E-state index contributed by atoms with van der Waals surface area (Å²) in [5.41, 5.74) is -0.245. The minimum absolute atomic E-state index is 0.381. The zero-order chi connectivity index (χ0) is 20.4. The minimum Gasteiger partial charge on any atom is -0.497 e. The Hall–Kier alpha value is -3.12. The lowest BCUT2D eigenvalue weighted by molar-refractivity contribution is -0.0628. The Labute approximate surface area is 166 Å². The van der Waals surface area contributed by atoms with Crippen LogP contribution < -0.4 is 9.47 Å². The lowest BCUT2D eigenvalue weighted by Gasteiger charge is -2.35. The molecule has 1 aliphatic carbocycles. The van der Waals surface area contributed by atoms with Gasteiger partial charge in [0.25, 0.3) is 0 Å². The summed E-state index contributed by atoms with van der Waals surface area (Å²) < 4.78 is 27.1. The van der Waals surface area contributed by atoms with Crippen LogP contribution in [0.2, 0.25) is 0 Å². The predicted molar refractivity (Wildman–Crippen MR) is 108 cm³/mol. The van der Waals surface area contributed by atoms with E-state index in [0.29, 0.717) is 17.3 Å². The maximum atomic E-state index is 5.67. The summed E-state index contributed by atoms with van der Waals surface area (Å²) in [6.07, 6.45) is 8.48. The van der Waals surface area contributed by atoms with Gasteiger partial charge in [0, 0.05) is 20.3 Å². The first-order chi connectivity index (χ1) is 13.6. The largest absolute Gasteiger partial charge is 0.497 e. The number of ether oxygens (including phenoxy) is 5. The average molecular weight is 380 g/mol. The molecule has 1 aromatic carbocycles. The van der Waals surface area contributed by atoms with Crippen molar-refractivity contribution in [2.75, 3.05) is 35.5 Å². The number of benzene rings is 1. The molecule has 2 unspecified atom stereocenters. The molecule has 1 aromatic rings. The molecular weight excluding hydrogens is 356 g/mol. The van der Waals surface area contributed by atoms with Crippen molar-refractivity contribution < 1.29 is 23.7 Å². The van der Waals surface area contributed by atoms with Crippen molar-refractivity contribution in [3.05, 3.63) is 59.9 Å². The Morgan fingerprint density at radius 3 is 2.39 bits per heavy atom. The lowest BCUT2D eigenvalue weighted by atomic mass is 9.90. The topological polar surface area (TPSA) is 46.2 Å². The van der Waals surface area contributed by atoms with E-state index in [-0.39, 0.29) is 6.10 Å². The normalized spacial score (nSPS) is 20.5. The molecule has 146 valence electrons. The van der Waals surface area contributed by atoms with Gasteiger partial charge >= 0.3 is 0 Å². The minimum atomic E-state index is -1.00. The van der Waals surface area contributed by atoms with E-state index in [1.807, 2.05) is 30.4 Å². The van der Waals surface area contributed by atoms with Crippen LogP contribution in [0.15, 0.2) is 54.3 Å². The fourth-order valence-electron chi connectivity index (χ4n) is 2.76.